The van der Waals surface area contributed by atoms with E-state index in [-0.39, 0.29) is 23.7 Å². The van der Waals surface area contributed by atoms with Gasteiger partial charge in [-0.25, -0.2) is 0 Å². The van der Waals surface area contributed by atoms with E-state index in [4.69, 9.17) is 5.11 Å². The molecule has 0 saturated heterocycles. The number of phenols is 1. The number of phenolic OH excluding ortho intramolecular Hbond substituents is 1. The number of ketones is 2. The molecule has 0 atom stereocenters. The minimum Gasteiger partial charge on any atom is -0.508 e. The number of hydrogen-bond acceptors (Lipinski definition) is 3. The molecule has 2 aromatic carbocycles. The zero-order valence-electron chi connectivity index (χ0n) is 10.8. The molecule has 0 aliphatic carbocycles. The second-order valence-electron chi connectivity index (χ2n) is 4.36. The van der Waals surface area contributed by atoms with E-state index >= 15 is 0 Å². The number of carbonyl (C=O) groups is 2. The molecule has 0 aromatic heterocycles. The van der Waals surface area contributed by atoms with Crippen LogP contribution in [0, 0.1) is 0 Å². The Balaban J connectivity index is 1.96. The maximum absolute atomic E-state index is 11.8. The summed E-state index contributed by atoms with van der Waals surface area (Å²) in [7, 11) is 0. The number of carbonyl (C=O) groups excluding carboxylic acids is 2. The third-order valence-corrected chi connectivity index (χ3v) is 2.79. The Morgan fingerprint density at radius 2 is 1.60 bits per heavy atom. The van der Waals surface area contributed by atoms with Gasteiger partial charge in [0, 0.05) is 5.56 Å². The summed E-state index contributed by atoms with van der Waals surface area (Å²) >= 11 is 0. The molecule has 1 N–H and O–H groups in total. The first-order valence-electron chi connectivity index (χ1n) is 6.23. The molecule has 0 aliphatic rings. The third-order valence-electron chi connectivity index (χ3n) is 2.79. The molecule has 0 fully saturated rings. The fourth-order valence-corrected chi connectivity index (χ4v) is 1.72. The highest BCUT2D eigenvalue weighted by Crippen LogP contribution is 2.11. The van der Waals surface area contributed by atoms with Crippen LogP contribution < -0.4 is 0 Å². The lowest BCUT2D eigenvalue weighted by molar-refractivity contribution is -0.113. The highest BCUT2D eigenvalue weighted by molar-refractivity contribution is 6.12. The number of hydrogen-bond donors (Lipinski definition) is 1. The van der Waals surface area contributed by atoms with E-state index in [2.05, 4.69) is 0 Å². The Morgan fingerprint density at radius 1 is 0.950 bits per heavy atom. The summed E-state index contributed by atoms with van der Waals surface area (Å²) in [4.78, 5) is 23.5. The van der Waals surface area contributed by atoms with Crippen molar-refractivity contribution in [2.24, 2.45) is 0 Å². The standard InChI is InChI=1S/C17H14O3/c18-15-9-6-13(7-10-15)8-11-16(19)12-17(20)14-4-2-1-3-5-14/h1-11,18H,12H2/b11-8+. The van der Waals surface area contributed by atoms with Crippen LogP contribution in [0.4, 0.5) is 0 Å². The van der Waals surface area contributed by atoms with Crippen LogP contribution in [0.1, 0.15) is 22.3 Å². The van der Waals surface area contributed by atoms with Crippen molar-refractivity contribution in [2.45, 2.75) is 6.42 Å². The highest BCUT2D eigenvalue weighted by Gasteiger charge is 2.08. The first-order chi connectivity index (χ1) is 9.65. The molecular weight excluding hydrogens is 252 g/mol. The predicted molar refractivity (Wildman–Crippen MR) is 77.5 cm³/mol. The molecular formula is C17H14O3. The lowest BCUT2D eigenvalue weighted by atomic mass is 10.1. The predicted octanol–water partition coefficient (Wildman–Crippen LogP) is 3.25. The van der Waals surface area contributed by atoms with Gasteiger partial charge in [-0.1, -0.05) is 48.5 Å². The van der Waals surface area contributed by atoms with E-state index in [0.29, 0.717) is 5.56 Å². The maximum Gasteiger partial charge on any atom is 0.170 e. The highest BCUT2D eigenvalue weighted by atomic mass is 16.3. The van der Waals surface area contributed by atoms with Crippen molar-refractivity contribution in [1.82, 2.24) is 0 Å². The number of aromatic hydroxyl groups is 1. The van der Waals surface area contributed by atoms with Crippen molar-refractivity contribution in [3.63, 3.8) is 0 Å². The zero-order chi connectivity index (χ0) is 14.4. The van der Waals surface area contributed by atoms with Crippen molar-refractivity contribution in [3.05, 3.63) is 71.8 Å². The van der Waals surface area contributed by atoms with Crippen LogP contribution in [0.25, 0.3) is 6.08 Å². The van der Waals surface area contributed by atoms with Crippen LogP contribution in [-0.4, -0.2) is 16.7 Å². The van der Waals surface area contributed by atoms with Crippen molar-refractivity contribution in [3.8, 4) is 5.75 Å². The van der Waals surface area contributed by atoms with Crippen LogP contribution in [0.15, 0.2) is 60.7 Å². The van der Waals surface area contributed by atoms with Gasteiger partial charge in [-0.15, -0.1) is 0 Å². The number of Topliss-reactive ketones (excluding diaryl/α,β-unsaturated/α-hetero) is 1. The Morgan fingerprint density at radius 3 is 2.25 bits per heavy atom. The Kier molecular flexibility index (Phi) is 4.45. The molecule has 0 saturated carbocycles. The third kappa shape index (κ3) is 3.92. The minimum atomic E-state index is -0.244. The Bertz CT molecular complexity index is 625. The second-order valence-corrected chi connectivity index (χ2v) is 4.36. The van der Waals surface area contributed by atoms with Gasteiger partial charge in [0.05, 0.1) is 6.42 Å². The molecule has 0 bridgehead atoms. The molecule has 0 spiro atoms. The monoisotopic (exact) mass is 266 g/mol. The van der Waals surface area contributed by atoms with Crippen molar-refractivity contribution in [2.75, 3.05) is 0 Å². The summed E-state index contributed by atoms with van der Waals surface area (Å²) in [6.07, 6.45) is 2.87. The molecule has 20 heavy (non-hydrogen) atoms. The SMILES string of the molecule is O=C(/C=C/c1ccc(O)cc1)CC(=O)c1ccccc1. The molecule has 2 rings (SSSR count). The van der Waals surface area contributed by atoms with Gasteiger partial charge < -0.3 is 5.11 Å². The Labute approximate surface area is 117 Å². The topological polar surface area (TPSA) is 54.4 Å². The average molecular weight is 266 g/mol. The van der Waals surface area contributed by atoms with Crippen LogP contribution >= 0.6 is 0 Å². The average Bonchev–Trinajstić information content (AvgIpc) is 2.47. The molecule has 3 nitrogen and oxygen atoms in total. The van der Waals surface area contributed by atoms with E-state index in [1.807, 2.05) is 6.07 Å². The second kappa shape index (κ2) is 6.48. The zero-order valence-corrected chi connectivity index (χ0v) is 10.8. The van der Waals surface area contributed by atoms with E-state index in [1.54, 1.807) is 54.6 Å². The van der Waals surface area contributed by atoms with Crippen LogP contribution in [0.3, 0.4) is 0 Å². The lowest BCUT2D eigenvalue weighted by Crippen LogP contribution is -2.05. The molecule has 0 unspecified atom stereocenters. The summed E-state index contributed by atoms with van der Waals surface area (Å²) in [5.41, 5.74) is 1.34. The number of benzene rings is 2. The van der Waals surface area contributed by atoms with E-state index in [1.165, 1.54) is 6.08 Å². The van der Waals surface area contributed by atoms with Gasteiger partial charge in [0.25, 0.3) is 0 Å². The summed E-state index contributed by atoms with van der Waals surface area (Å²) in [5, 5.41) is 9.14. The number of rotatable bonds is 5. The molecule has 0 amide bonds. The van der Waals surface area contributed by atoms with Gasteiger partial charge in [-0.2, -0.15) is 0 Å². The smallest absolute Gasteiger partial charge is 0.170 e. The summed E-state index contributed by atoms with van der Waals surface area (Å²) in [6.45, 7) is 0. The molecule has 0 radical (unpaired) electrons. The van der Waals surface area contributed by atoms with E-state index in [9.17, 15) is 9.59 Å². The molecule has 0 heterocycles. The largest absolute Gasteiger partial charge is 0.508 e. The van der Waals surface area contributed by atoms with Crippen LogP contribution in [-0.2, 0) is 4.79 Å². The van der Waals surface area contributed by atoms with Crippen molar-refractivity contribution in [1.29, 1.82) is 0 Å². The van der Waals surface area contributed by atoms with Gasteiger partial charge in [0.2, 0.25) is 0 Å². The van der Waals surface area contributed by atoms with Gasteiger partial charge in [0.1, 0.15) is 5.75 Å². The quantitative estimate of drug-likeness (QED) is 0.513. The first kappa shape index (κ1) is 13.7. The number of allylic oxidation sites excluding steroid dienone is 1. The fraction of sp³-hybridized carbons (Fsp3) is 0.0588. The summed E-state index contributed by atoms with van der Waals surface area (Å²) in [5.74, 6) is -0.259. The lowest BCUT2D eigenvalue weighted by Gasteiger charge is -1.98. The summed E-state index contributed by atoms with van der Waals surface area (Å²) < 4.78 is 0. The molecule has 3 heteroatoms. The van der Waals surface area contributed by atoms with E-state index in [0.717, 1.165) is 5.56 Å². The minimum absolute atomic E-state index is 0.140. The fourth-order valence-electron chi connectivity index (χ4n) is 1.72. The molecule has 100 valence electrons. The normalized spacial score (nSPS) is 10.6. The van der Waals surface area contributed by atoms with Gasteiger partial charge >= 0.3 is 0 Å². The molecule has 2 aromatic rings. The first-order valence-corrected chi connectivity index (χ1v) is 6.23. The van der Waals surface area contributed by atoms with Gasteiger partial charge in [0.15, 0.2) is 11.6 Å². The van der Waals surface area contributed by atoms with E-state index < -0.39 is 0 Å². The molecule has 0 aliphatic heterocycles. The van der Waals surface area contributed by atoms with Crippen molar-refractivity contribution < 1.29 is 14.7 Å². The van der Waals surface area contributed by atoms with Gasteiger partial charge in [-0.3, -0.25) is 9.59 Å². The van der Waals surface area contributed by atoms with Crippen molar-refractivity contribution >= 4 is 17.6 Å². The van der Waals surface area contributed by atoms with Gasteiger partial charge in [-0.05, 0) is 23.8 Å². The maximum atomic E-state index is 11.8. The summed E-state index contributed by atoms with van der Waals surface area (Å²) in [6, 6.07) is 15.2. The van der Waals surface area contributed by atoms with Crippen LogP contribution in [0.2, 0.25) is 0 Å². The van der Waals surface area contributed by atoms with Crippen LogP contribution in [0.5, 0.6) is 5.75 Å². The Hall–Kier alpha value is -2.68.